The maximum absolute atomic E-state index is 11.5. The molecule has 1 atom stereocenters. The van der Waals surface area contributed by atoms with Crippen molar-refractivity contribution in [2.24, 2.45) is 0 Å². The quantitative estimate of drug-likeness (QED) is 0.857. The molecule has 2 rings (SSSR count). The van der Waals surface area contributed by atoms with Crippen LogP contribution in [0.1, 0.15) is 25.6 Å². The standard InChI is InChI=1S/C11H16ClN3O2S/c1-2-10-14-9(12)6-11(15-10)13-8-4-3-5-18(16,17)7-8/h6,8H,2-5,7H2,1H3,(H,13,14,15). The molecule has 0 bridgehead atoms. The minimum atomic E-state index is -2.92. The van der Waals surface area contributed by atoms with Gasteiger partial charge in [0.25, 0.3) is 0 Å². The zero-order valence-corrected chi connectivity index (χ0v) is 11.8. The summed E-state index contributed by atoms with van der Waals surface area (Å²) in [5.74, 6) is 1.71. The van der Waals surface area contributed by atoms with Crippen molar-refractivity contribution < 1.29 is 8.42 Å². The Morgan fingerprint density at radius 1 is 1.50 bits per heavy atom. The van der Waals surface area contributed by atoms with E-state index in [1.165, 1.54) is 0 Å². The average molecular weight is 290 g/mol. The van der Waals surface area contributed by atoms with Crippen LogP contribution in [-0.2, 0) is 16.3 Å². The van der Waals surface area contributed by atoms with Crippen LogP contribution in [-0.4, -0.2) is 35.9 Å². The summed E-state index contributed by atoms with van der Waals surface area (Å²) in [6.45, 7) is 1.94. The molecule has 0 spiro atoms. The van der Waals surface area contributed by atoms with Crippen molar-refractivity contribution in [3.05, 3.63) is 17.0 Å². The van der Waals surface area contributed by atoms with Crippen molar-refractivity contribution in [1.82, 2.24) is 9.97 Å². The Morgan fingerprint density at radius 2 is 2.28 bits per heavy atom. The molecular formula is C11H16ClN3O2S. The molecule has 0 aromatic carbocycles. The molecule has 1 saturated heterocycles. The third kappa shape index (κ3) is 3.55. The molecule has 1 unspecified atom stereocenters. The van der Waals surface area contributed by atoms with Crippen molar-refractivity contribution in [3.63, 3.8) is 0 Å². The molecule has 1 aromatic rings. The van der Waals surface area contributed by atoms with E-state index in [2.05, 4.69) is 15.3 Å². The Kier molecular flexibility index (Phi) is 4.07. The van der Waals surface area contributed by atoms with E-state index in [4.69, 9.17) is 11.6 Å². The summed E-state index contributed by atoms with van der Waals surface area (Å²) in [6.07, 6.45) is 2.22. The normalized spacial score (nSPS) is 22.7. The number of anilines is 1. The highest BCUT2D eigenvalue weighted by Crippen LogP contribution is 2.18. The number of aryl methyl sites for hydroxylation is 1. The second-order valence-electron chi connectivity index (χ2n) is 4.44. The van der Waals surface area contributed by atoms with Crippen molar-refractivity contribution in [2.45, 2.75) is 32.2 Å². The first-order chi connectivity index (χ1) is 8.48. The van der Waals surface area contributed by atoms with Crippen LogP contribution in [0.3, 0.4) is 0 Å². The van der Waals surface area contributed by atoms with Crippen molar-refractivity contribution in [3.8, 4) is 0 Å². The molecule has 0 saturated carbocycles. The van der Waals surface area contributed by atoms with Gasteiger partial charge >= 0.3 is 0 Å². The zero-order valence-electron chi connectivity index (χ0n) is 10.2. The van der Waals surface area contributed by atoms with Crippen LogP contribution in [0, 0.1) is 0 Å². The summed E-state index contributed by atoms with van der Waals surface area (Å²) in [4.78, 5) is 8.36. The lowest BCUT2D eigenvalue weighted by Gasteiger charge is -2.23. The lowest BCUT2D eigenvalue weighted by atomic mass is 10.2. The van der Waals surface area contributed by atoms with Gasteiger partial charge in [0.05, 0.1) is 11.5 Å². The van der Waals surface area contributed by atoms with E-state index in [9.17, 15) is 8.42 Å². The lowest BCUT2D eigenvalue weighted by Crippen LogP contribution is -2.35. The Hall–Kier alpha value is -0.880. The molecule has 100 valence electrons. The molecule has 0 amide bonds. The third-order valence-corrected chi connectivity index (χ3v) is 4.89. The van der Waals surface area contributed by atoms with Gasteiger partial charge in [0.15, 0.2) is 9.84 Å². The van der Waals surface area contributed by atoms with Crippen LogP contribution in [0.25, 0.3) is 0 Å². The van der Waals surface area contributed by atoms with E-state index >= 15 is 0 Å². The summed E-state index contributed by atoms with van der Waals surface area (Å²) in [6, 6.07) is 1.54. The number of hydrogen-bond donors (Lipinski definition) is 1. The first-order valence-electron chi connectivity index (χ1n) is 5.99. The van der Waals surface area contributed by atoms with E-state index in [-0.39, 0.29) is 17.5 Å². The monoisotopic (exact) mass is 289 g/mol. The molecule has 5 nitrogen and oxygen atoms in total. The maximum Gasteiger partial charge on any atom is 0.152 e. The van der Waals surface area contributed by atoms with Crippen LogP contribution in [0.15, 0.2) is 6.07 Å². The fraction of sp³-hybridized carbons (Fsp3) is 0.636. The Morgan fingerprint density at radius 3 is 2.94 bits per heavy atom. The predicted octanol–water partition coefficient (Wildman–Crippen LogP) is 1.68. The molecule has 7 heteroatoms. The predicted molar refractivity (Wildman–Crippen MR) is 71.7 cm³/mol. The van der Waals surface area contributed by atoms with Gasteiger partial charge in [-0.05, 0) is 12.8 Å². The fourth-order valence-corrected chi connectivity index (χ4v) is 3.88. The highest BCUT2D eigenvalue weighted by molar-refractivity contribution is 7.91. The van der Waals surface area contributed by atoms with E-state index in [0.717, 1.165) is 6.42 Å². The van der Waals surface area contributed by atoms with Crippen molar-refractivity contribution >= 4 is 27.3 Å². The molecule has 2 heterocycles. The Labute approximate surface area is 112 Å². The van der Waals surface area contributed by atoms with Gasteiger partial charge in [-0.1, -0.05) is 18.5 Å². The number of rotatable bonds is 3. The van der Waals surface area contributed by atoms with Gasteiger partial charge in [0.2, 0.25) is 0 Å². The summed E-state index contributed by atoms with van der Waals surface area (Å²) >= 11 is 5.89. The summed E-state index contributed by atoms with van der Waals surface area (Å²) in [5, 5.41) is 3.52. The third-order valence-electron chi connectivity index (χ3n) is 2.87. The second-order valence-corrected chi connectivity index (χ2v) is 7.06. The van der Waals surface area contributed by atoms with Crippen LogP contribution in [0.4, 0.5) is 5.82 Å². The van der Waals surface area contributed by atoms with E-state index in [1.807, 2.05) is 6.92 Å². The highest BCUT2D eigenvalue weighted by atomic mass is 35.5. The van der Waals surface area contributed by atoms with Gasteiger partial charge < -0.3 is 5.32 Å². The number of nitrogens with one attached hydrogen (secondary N) is 1. The number of nitrogens with zero attached hydrogens (tertiary/aromatic N) is 2. The number of halogens is 1. The van der Waals surface area contributed by atoms with Gasteiger partial charge in [-0.25, -0.2) is 18.4 Å². The smallest absolute Gasteiger partial charge is 0.152 e. The second kappa shape index (κ2) is 5.40. The lowest BCUT2D eigenvalue weighted by molar-refractivity contribution is 0.561. The molecule has 1 fully saturated rings. The number of hydrogen-bond acceptors (Lipinski definition) is 5. The summed E-state index contributed by atoms with van der Waals surface area (Å²) in [7, 11) is -2.92. The first-order valence-corrected chi connectivity index (χ1v) is 8.19. The minimum Gasteiger partial charge on any atom is -0.366 e. The number of sulfone groups is 1. The average Bonchev–Trinajstić information content (AvgIpc) is 2.26. The van der Waals surface area contributed by atoms with E-state index in [0.29, 0.717) is 29.6 Å². The molecular weight excluding hydrogens is 274 g/mol. The van der Waals surface area contributed by atoms with Crippen LogP contribution in [0.5, 0.6) is 0 Å². The largest absolute Gasteiger partial charge is 0.366 e. The van der Waals surface area contributed by atoms with Crippen LogP contribution in [0.2, 0.25) is 5.15 Å². The van der Waals surface area contributed by atoms with Gasteiger partial charge in [-0.15, -0.1) is 0 Å². The zero-order chi connectivity index (χ0) is 13.2. The fourth-order valence-electron chi connectivity index (χ4n) is 2.04. The molecule has 1 N–H and O–H groups in total. The van der Waals surface area contributed by atoms with Gasteiger partial charge in [0.1, 0.15) is 16.8 Å². The van der Waals surface area contributed by atoms with Crippen molar-refractivity contribution in [1.29, 1.82) is 0 Å². The van der Waals surface area contributed by atoms with Crippen molar-refractivity contribution in [2.75, 3.05) is 16.8 Å². The van der Waals surface area contributed by atoms with Gasteiger partial charge in [0, 0.05) is 18.5 Å². The molecule has 0 aliphatic carbocycles. The Bertz CT molecular complexity index is 533. The molecule has 18 heavy (non-hydrogen) atoms. The van der Waals surface area contributed by atoms with Crippen LogP contribution >= 0.6 is 11.6 Å². The molecule has 0 radical (unpaired) electrons. The SMILES string of the molecule is CCc1nc(Cl)cc(NC2CCCS(=O)(=O)C2)n1. The molecule has 1 aliphatic rings. The van der Waals surface area contributed by atoms with Gasteiger partial charge in [-0.3, -0.25) is 0 Å². The first kappa shape index (κ1) is 13.5. The minimum absolute atomic E-state index is 0.0839. The summed E-state index contributed by atoms with van der Waals surface area (Å²) in [5.41, 5.74) is 0. The number of aromatic nitrogens is 2. The highest BCUT2D eigenvalue weighted by Gasteiger charge is 2.24. The van der Waals surface area contributed by atoms with Crippen LogP contribution < -0.4 is 5.32 Å². The van der Waals surface area contributed by atoms with E-state index in [1.54, 1.807) is 6.07 Å². The van der Waals surface area contributed by atoms with E-state index < -0.39 is 9.84 Å². The topological polar surface area (TPSA) is 72.0 Å². The molecule has 1 aliphatic heterocycles. The summed E-state index contributed by atoms with van der Waals surface area (Å²) < 4.78 is 23.1. The Balaban J connectivity index is 2.11. The molecule has 1 aromatic heterocycles. The maximum atomic E-state index is 11.5. The van der Waals surface area contributed by atoms with Gasteiger partial charge in [-0.2, -0.15) is 0 Å².